The first-order valence-corrected chi connectivity index (χ1v) is 8.30. The third-order valence-electron chi connectivity index (χ3n) is 3.76. The van der Waals surface area contributed by atoms with Crippen molar-refractivity contribution in [3.8, 4) is 10.7 Å². The number of thiazole rings is 1. The summed E-state index contributed by atoms with van der Waals surface area (Å²) in [5.74, 6) is 0.0546. The van der Waals surface area contributed by atoms with E-state index < -0.39 is 0 Å². The average molecular weight is 317 g/mol. The maximum Gasteiger partial charge on any atom is 0.266 e. The summed E-state index contributed by atoms with van der Waals surface area (Å²) in [5.41, 5.74) is 1.58. The Balaban J connectivity index is 1.83. The molecule has 0 spiro atoms. The van der Waals surface area contributed by atoms with Crippen molar-refractivity contribution < 1.29 is 9.53 Å². The second-order valence-electron chi connectivity index (χ2n) is 5.30. The Morgan fingerprint density at radius 2 is 2.36 bits per heavy atom. The molecule has 0 aliphatic carbocycles. The molecule has 1 aliphatic rings. The van der Waals surface area contributed by atoms with Gasteiger partial charge in [0.15, 0.2) is 0 Å². The molecule has 1 saturated heterocycles. The molecule has 1 unspecified atom stereocenters. The first-order valence-electron chi connectivity index (χ1n) is 7.48. The molecule has 2 aromatic rings. The fourth-order valence-electron chi connectivity index (χ4n) is 2.49. The van der Waals surface area contributed by atoms with E-state index in [1.54, 1.807) is 6.20 Å². The van der Waals surface area contributed by atoms with Crippen LogP contribution in [0.5, 0.6) is 0 Å². The van der Waals surface area contributed by atoms with E-state index in [-0.39, 0.29) is 12.0 Å². The van der Waals surface area contributed by atoms with E-state index in [1.807, 2.05) is 30.0 Å². The number of carbonyl (C=O) groups excluding carboxylic acids is 1. The third kappa shape index (κ3) is 3.03. The lowest BCUT2D eigenvalue weighted by Crippen LogP contribution is -2.45. The summed E-state index contributed by atoms with van der Waals surface area (Å²) in [7, 11) is 0. The number of ether oxygens (including phenoxy) is 1. The molecule has 1 atom stereocenters. The smallest absolute Gasteiger partial charge is 0.266 e. The predicted molar refractivity (Wildman–Crippen MR) is 86.0 cm³/mol. The van der Waals surface area contributed by atoms with Gasteiger partial charge in [0.25, 0.3) is 5.91 Å². The molecule has 1 fully saturated rings. The summed E-state index contributed by atoms with van der Waals surface area (Å²) in [6.07, 6.45) is 2.80. The number of aryl methyl sites for hydroxylation is 1. The van der Waals surface area contributed by atoms with Gasteiger partial charge in [-0.15, -0.1) is 11.3 Å². The second-order valence-corrected chi connectivity index (χ2v) is 6.30. The highest BCUT2D eigenvalue weighted by Crippen LogP contribution is 2.28. The maximum absolute atomic E-state index is 12.7. The molecule has 3 rings (SSSR count). The van der Waals surface area contributed by atoms with Crippen LogP contribution in [-0.2, 0) is 4.74 Å². The Labute approximate surface area is 134 Å². The van der Waals surface area contributed by atoms with Crippen molar-refractivity contribution in [3.05, 3.63) is 35.0 Å². The number of hydrogen-bond donors (Lipinski definition) is 0. The van der Waals surface area contributed by atoms with Gasteiger partial charge in [0, 0.05) is 19.3 Å². The van der Waals surface area contributed by atoms with Crippen LogP contribution in [0.25, 0.3) is 10.7 Å². The molecule has 2 aromatic heterocycles. The molecular weight excluding hydrogens is 298 g/mol. The minimum absolute atomic E-state index is 0.0546. The highest BCUT2D eigenvalue weighted by Gasteiger charge is 2.27. The Morgan fingerprint density at radius 3 is 3.09 bits per heavy atom. The molecule has 116 valence electrons. The summed E-state index contributed by atoms with van der Waals surface area (Å²) in [6.45, 7) is 5.87. The molecule has 0 aromatic carbocycles. The molecule has 1 aliphatic heterocycles. The molecule has 3 heterocycles. The van der Waals surface area contributed by atoms with E-state index in [1.165, 1.54) is 11.3 Å². The number of hydrogen-bond acceptors (Lipinski definition) is 5. The van der Waals surface area contributed by atoms with Gasteiger partial charge in [-0.2, -0.15) is 0 Å². The lowest BCUT2D eigenvalue weighted by molar-refractivity contribution is -0.0224. The standard InChI is InChI=1S/C16H19N3O2S/c1-3-12-10-19(8-9-21-12)16(20)14-11(2)18-15(22-14)13-6-4-5-7-17-13/h4-7,12H,3,8-10H2,1-2H3. The number of nitrogens with zero attached hydrogens (tertiary/aromatic N) is 3. The number of morpholine rings is 1. The van der Waals surface area contributed by atoms with Gasteiger partial charge in [-0.3, -0.25) is 9.78 Å². The van der Waals surface area contributed by atoms with Crippen molar-refractivity contribution in [3.63, 3.8) is 0 Å². The fourth-order valence-corrected chi connectivity index (χ4v) is 3.50. The Hall–Kier alpha value is -1.79. The first kappa shape index (κ1) is 15.1. The van der Waals surface area contributed by atoms with Crippen molar-refractivity contribution in [1.82, 2.24) is 14.9 Å². The van der Waals surface area contributed by atoms with Gasteiger partial charge in [-0.25, -0.2) is 4.98 Å². The molecular formula is C16H19N3O2S. The van der Waals surface area contributed by atoms with E-state index in [2.05, 4.69) is 16.9 Å². The molecule has 0 N–H and O–H groups in total. The maximum atomic E-state index is 12.7. The Kier molecular flexibility index (Phi) is 4.49. The third-order valence-corrected chi connectivity index (χ3v) is 4.92. The second kappa shape index (κ2) is 6.54. The van der Waals surface area contributed by atoms with Gasteiger partial charge in [-0.05, 0) is 25.5 Å². The van der Waals surface area contributed by atoms with Crippen molar-refractivity contribution in [2.45, 2.75) is 26.4 Å². The lowest BCUT2D eigenvalue weighted by atomic mass is 10.2. The van der Waals surface area contributed by atoms with Gasteiger partial charge in [0.05, 0.1) is 24.1 Å². The van der Waals surface area contributed by atoms with Crippen LogP contribution in [0.1, 0.15) is 28.7 Å². The lowest BCUT2D eigenvalue weighted by Gasteiger charge is -2.32. The van der Waals surface area contributed by atoms with Gasteiger partial charge >= 0.3 is 0 Å². The average Bonchev–Trinajstić information content (AvgIpc) is 2.97. The Morgan fingerprint density at radius 1 is 1.50 bits per heavy atom. The molecule has 6 heteroatoms. The number of rotatable bonds is 3. The van der Waals surface area contributed by atoms with Crippen LogP contribution in [-0.4, -0.2) is 46.6 Å². The zero-order valence-electron chi connectivity index (χ0n) is 12.8. The van der Waals surface area contributed by atoms with Crippen molar-refractivity contribution in [2.24, 2.45) is 0 Å². The normalized spacial score (nSPS) is 18.5. The SMILES string of the molecule is CCC1CN(C(=O)c2sc(-c3ccccn3)nc2C)CCO1. The monoisotopic (exact) mass is 317 g/mol. The summed E-state index contributed by atoms with van der Waals surface area (Å²) in [4.78, 5) is 24.1. The van der Waals surface area contributed by atoms with Crippen LogP contribution in [0, 0.1) is 6.92 Å². The van der Waals surface area contributed by atoms with Crippen molar-refractivity contribution in [1.29, 1.82) is 0 Å². The number of carbonyl (C=O) groups is 1. The number of pyridine rings is 1. The molecule has 22 heavy (non-hydrogen) atoms. The quantitative estimate of drug-likeness (QED) is 0.873. The zero-order chi connectivity index (χ0) is 15.5. The van der Waals surface area contributed by atoms with Crippen LogP contribution >= 0.6 is 11.3 Å². The number of amides is 1. The first-order chi connectivity index (χ1) is 10.7. The largest absolute Gasteiger partial charge is 0.375 e. The van der Waals surface area contributed by atoms with Crippen LogP contribution in [0.3, 0.4) is 0 Å². The molecule has 0 saturated carbocycles. The number of aromatic nitrogens is 2. The van der Waals surface area contributed by atoms with E-state index in [0.717, 1.165) is 22.8 Å². The van der Waals surface area contributed by atoms with E-state index in [0.29, 0.717) is 24.6 Å². The van der Waals surface area contributed by atoms with Crippen LogP contribution in [0.4, 0.5) is 0 Å². The summed E-state index contributed by atoms with van der Waals surface area (Å²) in [6, 6.07) is 5.71. The zero-order valence-corrected chi connectivity index (χ0v) is 13.6. The van der Waals surface area contributed by atoms with E-state index >= 15 is 0 Å². The minimum atomic E-state index is 0.0546. The predicted octanol–water partition coefficient (Wildman–Crippen LogP) is 2.76. The molecule has 0 radical (unpaired) electrons. The van der Waals surface area contributed by atoms with Crippen molar-refractivity contribution >= 4 is 17.2 Å². The molecule has 5 nitrogen and oxygen atoms in total. The van der Waals surface area contributed by atoms with Gasteiger partial charge in [-0.1, -0.05) is 13.0 Å². The highest BCUT2D eigenvalue weighted by molar-refractivity contribution is 7.17. The Bertz CT molecular complexity index is 657. The van der Waals surface area contributed by atoms with Crippen LogP contribution in [0.15, 0.2) is 24.4 Å². The summed E-state index contributed by atoms with van der Waals surface area (Å²) >= 11 is 1.42. The highest BCUT2D eigenvalue weighted by atomic mass is 32.1. The van der Waals surface area contributed by atoms with Gasteiger partial charge < -0.3 is 9.64 Å². The van der Waals surface area contributed by atoms with Gasteiger partial charge in [0.1, 0.15) is 9.88 Å². The van der Waals surface area contributed by atoms with Crippen LogP contribution in [0.2, 0.25) is 0 Å². The van der Waals surface area contributed by atoms with Gasteiger partial charge in [0.2, 0.25) is 0 Å². The topological polar surface area (TPSA) is 55.3 Å². The minimum Gasteiger partial charge on any atom is -0.375 e. The summed E-state index contributed by atoms with van der Waals surface area (Å²) < 4.78 is 5.63. The molecule has 0 bridgehead atoms. The van der Waals surface area contributed by atoms with E-state index in [4.69, 9.17) is 4.74 Å². The van der Waals surface area contributed by atoms with E-state index in [9.17, 15) is 4.79 Å². The fraction of sp³-hybridized carbons (Fsp3) is 0.438. The summed E-state index contributed by atoms with van der Waals surface area (Å²) in [5, 5.41) is 0.793. The van der Waals surface area contributed by atoms with Crippen LogP contribution < -0.4 is 0 Å². The van der Waals surface area contributed by atoms with Crippen molar-refractivity contribution in [2.75, 3.05) is 19.7 Å². The molecule has 1 amide bonds.